The predicted molar refractivity (Wildman–Crippen MR) is 112 cm³/mol. The fourth-order valence-electron chi connectivity index (χ4n) is 3.98. The first kappa shape index (κ1) is 20.2. The van der Waals surface area contributed by atoms with Crippen LogP contribution in [0.1, 0.15) is 62.8 Å². The zero-order valence-corrected chi connectivity index (χ0v) is 17.5. The summed E-state index contributed by atoms with van der Waals surface area (Å²) in [6.07, 6.45) is 1.99. The van der Waals surface area contributed by atoms with Crippen molar-refractivity contribution in [3.05, 3.63) is 59.2 Å². The van der Waals surface area contributed by atoms with E-state index in [0.717, 1.165) is 47.5 Å². The number of nitrogens with one attached hydrogen (secondary N) is 1. The monoisotopic (exact) mass is 381 g/mol. The number of amides is 1. The van der Waals surface area contributed by atoms with Gasteiger partial charge in [0.25, 0.3) is 5.91 Å². The lowest BCUT2D eigenvalue weighted by Crippen LogP contribution is -2.46. The van der Waals surface area contributed by atoms with Crippen LogP contribution in [0.2, 0.25) is 0 Å². The topological polar surface area (TPSA) is 47.6 Å². The Morgan fingerprint density at radius 2 is 1.82 bits per heavy atom. The van der Waals surface area contributed by atoms with E-state index in [1.54, 1.807) is 6.92 Å². The van der Waals surface area contributed by atoms with Crippen LogP contribution in [0.15, 0.2) is 42.5 Å². The quantitative estimate of drug-likeness (QED) is 0.741. The number of benzene rings is 2. The second-order valence-corrected chi connectivity index (χ2v) is 7.88. The zero-order valence-electron chi connectivity index (χ0n) is 17.5. The minimum Gasteiger partial charge on any atom is -0.487 e. The van der Waals surface area contributed by atoms with Gasteiger partial charge in [0.2, 0.25) is 0 Å². The van der Waals surface area contributed by atoms with Crippen LogP contribution >= 0.6 is 0 Å². The highest BCUT2D eigenvalue weighted by molar-refractivity contribution is 5.81. The van der Waals surface area contributed by atoms with Gasteiger partial charge in [0.1, 0.15) is 17.1 Å². The number of fused-ring (bicyclic) bond motifs is 1. The number of ether oxygens (including phenoxy) is 2. The van der Waals surface area contributed by atoms with Crippen LogP contribution in [0.4, 0.5) is 0 Å². The first-order valence-electron chi connectivity index (χ1n) is 10.2. The molecule has 0 saturated carbocycles. The molecule has 0 aromatic heterocycles. The lowest BCUT2D eigenvalue weighted by Gasteiger charge is -2.41. The molecule has 3 rings (SSSR count). The molecule has 28 heavy (non-hydrogen) atoms. The molecule has 150 valence electrons. The van der Waals surface area contributed by atoms with Gasteiger partial charge in [-0.3, -0.25) is 4.79 Å². The summed E-state index contributed by atoms with van der Waals surface area (Å²) >= 11 is 0. The van der Waals surface area contributed by atoms with Crippen molar-refractivity contribution in [2.24, 2.45) is 0 Å². The fourth-order valence-corrected chi connectivity index (χ4v) is 3.98. The van der Waals surface area contributed by atoms with E-state index in [4.69, 9.17) is 9.47 Å². The lowest BCUT2D eigenvalue weighted by molar-refractivity contribution is -0.128. The molecule has 0 bridgehead atoms. The Balaban J connectivity index is 1.76. The van der Waals surface area contributed by atoms with Crippen molar-refractivity contribution in [3.63, 3.8) is 0 Å². The summed E-state index contributed by atoms with van der Waals surface area (Å²) in [5, 5.41) is 3.20. The van der Waals surface area contributed by atoms with Gasteiger partial charge in [-0.05, 0) is 62.9 Å². The van der Waals surface area contributed by atoms with E-state index in [1.165, 1.54) is 0 Å². The van der Waals surface area contributed by atoms with Gasteiger partial charge in [0, 0.05) is 12.0 Å². The molecular weight excluding hydrogens is 350 g/mol. The van der Waals surface area contributed by atoms with E-state index >= 15 is 0 Å². The number of rotatable bonds is 6. The third kappa shape index (κ3) is 4.32. The maximum Gasteiger partial charge on any atom is 0.261 e. The second kappa shape index (κ2) is 8.26. The molecule has 1 aliphatic heterocycles. The number of carbonyl (C=O) groups is 1. The smallest absolute Gasteiger partial charge is 0.261 e. The molecule has 1 amide bonds. The van der Waals surface area contributed by atoms with Crippen molar-refractivity contribution in [2.45, 2.75) is 71.6 Å². The van der Waals surface area contributed by atoms with E-state index in [0.29, 0.717) is 0 Å². The van der Waals surface area contributed by atoms with Gasteiger partial charge in [-0.15, -0.1) is 0 Å². The molecule has 4 nitrogen and oxygen atoms in total. The van der Waals surface area contributed by atoms with Gasteiger partial charge in [-0.25, -0.2) is 0 Å². The minimum atomic E-state index is -0.575. The first-order valence-corrected chi connectivity index (χ1v) is 10.2. The van der Waals surface area contributed by atoms with Gasteiger partial charge in [0.15, 0.2) is 6.10 Å². The van der Waals surface area contributed by atoms with Gasteiger partial charge in [-0.1, -0.05) is 38.1 Å². The van der Waals surface area contributed by atoms with Crippen LogP contribution < -0.4 is 14.8 Å². The highest BCUT2D eigenvalue weighted by atomic mass is 16.5. The Kier molecular flexibility index (Phi) is 5.97. The van der Waals surface area contributed by atoms with Gasteiger partial charge >= 0.3 is 0 Å². The van der Waals surface area contributed by atoms with E-state index in [-0.39, 0.29) is 17.6 Å². The standard InChI is InChI=1S/C24H31NO3/c1-6-24(7-2)15-21(20-10-8-9-11-22(20)28-24)25-23(26)18(5)27-19-13-16(3)12-17(4)14-19/h8-14,18,21H,6-7,15H2,1-5H3,(H,25,26)/t18-,21+/m0/s1. The highest BCUT2D eigenvalue weighted by Gasteiger charge is 2.39. The summed E-state index contributed by atoms with van der Waals surface area (Å²) in [5.41, 5.74) is 3.03. The first-order chi connectivity index (χ1) is 13.4. The molecule has 0 aliphatic carbocycles. The number of hydrogen-bond donors (Lipinski definition) is 1. The molecule has 0 fully saturated rings. The third-order valence-corrected chi connectivity index (χ3v) is 5.68. The van der Waals surface area contributed by atoms with Crippen molar-refractivity contribution >= 4 is 5.91 Å². The Hall–Kier alpha value is -2.49. The molecule has 0 radical (unpaired) electrons. The Morgan fingerprint density at radius 3 is 2.46 bits per heavy atom. The molecule has 1 heterocycles. The SMILES string of the molecule is CCC1(CC)C[C@@H](NC(=O)[C@H](C)Oc2cc(C)cc(C)c2)c2ccccc2O1. The Labute approximate surface area is 168 Å². The van der Waals surface area contributed by atoms with E-state index in [2.05, 4.69) is 25.2 Å². The van der Waals surface area contributed by atoms with Crippen molar-refractivity contribution in [3.8, 4) is 11.5 Å². The normalized spacial score (nSPS) is 18.5. The van der Waals surface area contributed by atoms with Gasteiger partial charge < -0.3 is 14.8 Å². The van der Waals surface area contributed by atoms with Crippen molar-refractivity contribution in [1.29, 1.82) is 0 Å². The molecule has 1 aliphatic rings. The van der Waals surface area contributed by atoms with Crippen LogP contribution in [0, 0.1) is 13.8 Å². The molecule has 0 unspecified atom stereocenters. The van der Waals surface area contributed by atoms with Gasteiger partial charge in [0.05, 0.1) is 6.04 Å². The minimum absolute atomic E-state index is 0.0809. The highest BCUT2D eigenvalue weighted by Crippen LogP contribution is 2.42. The van der Waals surface area contributed by atoms with Crippen LogP contribution in [-0.4, -0.2) is 17.6 Å². The molecule has 2 atom stereocenters. The van der Waals surface area contributed by atoms with E-state index in [1.807, 2.05) is 50.2 Å². The summed E-state index contributed by atoms with van der Waals surface area (Å²) < 4.78 is 12.3. The molecule has 2 aromatic carbocycles. The molecule has 2 aromatic rings. The Bertz CT molecular complexity index is 821. The van der Waals surface area contributed by atoms with Gasteiger partial charge in [-0.2, -0.15) is 0 Å². The predicted octanol–water partition coefficient (Wildman–Crippen LogP) is 5.27. The fraction of sp³-hybridized carbons (Fsp3) is 0.458. The van der Waals surface area contributed by atoms with E-state index < -0.39 is 6.10 Å². The number of aryl methyl sites for hydroxylation is 2. The summed E-state index contributed by atoms with van der Waals surface area (Å²) in [6.45, 7) is 10.1. The molecule has 0 saturated heterocycles. The molecule has 1 N–H and O–H groups in total. The van der Waals surface area contributed by atoms with Crippen LogP contribution in [0.5, 0.6) is 11.5 Å². The summed E-state index contributed by atoms with van der Waals surface area (Å²) in [6, 6.07) is 13.9. The van der Waals surface area contributed by atoms with E-state index in [9.17, 15) is 4.79 Å². The Morgan fingerprint density at radius 1 is 1.18 bits per heavy atom. The third-order valence-electron chi connectivity index (χ3n) is 5.68. The number of para-hydroxylation sites is 1. The largest absolute Gasteiger partial charge is 0.487 e. The zero-order chi connectivity index (χ0) is 20.3. The maximum absolute atomic E-state index is 12.9. The van der Waals surface area contributed by atoms with Crippen LogP contribution in [0.25, 0.3) is 0 Å². The van der Waals surface area contributed by atoms with Crippen molar-refractivity contribution in [2.75, 3.05) is 0 Å². The van der Waals surface area contributed by atoms with Crippen LogP contribution in [-0.2, 0) is 4.79 Å². The number of carbonyl (C=O) groups excluding carboxylic acids is 1. The molecular formula is C24H31NO3. The van der Waals surface area contributed by atoms with Crippen molar-refractivity contribution < 1.29 is 14.3 Å². The average Bonchev–Trinajstić information content (AvgIpc) is 2.66. The average molecular weight is 382 g/mol. The summed E-state index contributed by atoms with van der Waals surface area (Å²) in [7, 11) is 0. The second-order valence-electron chi connectivity index (χ2n) is 7.88. The summed E-state index contributed by atoms with van der Waals surface area (Å²) in [4.78, 5) is 12.9. The number of hydrogen-bond acceptors (Lipinski definition) is 3. The summed E-state index contributed by atoms with van der Waals surface area (Å²) in [5.74, 6) is 1.48. The van der Waals surface area contributed by atoms with Crippen molar-refractivity contribution in [1.82, 2.24) is 5.32 Å². The maximum atomic E-state index is 12.9. The lowest BCUT2D eigenvalue weighted by atomic mass is 9.83. The molecule has 4 heteroatoms. The van der Waals surface area contributed by atoms with Crippen LogP contribution in [0.3, 0.4) is 0 Å². The molecule has 0 spiro atoms.